The van der Waals surface area contributed by atoms with Crippen LogP contribution in [-0.4, -0.2) is 86.4 Å². The first-order chi connectivity index (χ1) is 29.6. The van der Waals surface area contributed by atoms with E-state index in [1.54, 1.807) is 43.5 Å². The summed E-state index contributed by atoms with van der Waals surface area (Å²) in [5.74, 6) is 0.946. The van der Waals surface area contributed by atoms with Gasteiger partial charge >= 0.3 is 6.09 Å². The molecule has 1 fully saturated rings. The second-order valence-electron chi connectivity index (χ2n) is 17.8. The first-order valence-corrected chi connectivity index (χ1v) is 24.3. The number of piperidine rings is 1. The number of para-hydroxylation sites is 1. The van der Waals surface area contributed by atoms with Crippen LogP contribution in [0, 0.1) is 0 Å². The average molecular weight is 862 g/mol. The minimum absolute atomic E-state index is 0.0107. The number of pyridine rings is 1. The van der Waals surface area contributed by atoms with Gasteiger partial charge in [0.05, 0.1) is 30.1 Å². The zero-order valence-corrected chi connectivity index (χ0v) is 37.5. The van der Waals surface area contributed by atoms with E-state index < -0.39 is 14.4 Å². The number of hydrogen-bond donors (Lipinski definition) is 5. The molecule has 2 aliphatic rings. The van der Waals surface area contributed by atoms with Crippen LogP contribution in [0.4, 0.5) is 16.2 Å². The molecule has 1 aromatic heterocycles. The van der Waals surface area contributed by atoms with E-state index in [0.29, 0.717) is 62.4 Å². The number of nitrogens with zero attached hydrogens (tertiary/aromatic N) is 2. The summed E-state index contributed by atoms with van der Waals surface area (Å²) in [7, 11) is -0.613. The van der Waals surface area contributed by atoms with Gasteiger partial charge in [0.1, 0.15) is 23.4 Å². The molecule has 7 rings (SSSR count). The minimum atomic E-state index is -2.26. The van der Waals surface area contributed by atoms with Crippen molar-refractivity contribution < 1.29 is 33.7 Å². The third-order valence-electron chi connectivity index (χ3n) is 12.6. The topological polar surface area (TPSA) is 166 Å². The maximum atomic E-state index is 13.7. The van der Waals surface area contributed by atoms with E-state index >= 15 is 0 Å². The third kappa shape index (κ3) is 10.2. The van der Waals surface area contributed by atoms with Gasteiger partial charge in [-0.2, -0.15) is 0 Å². The number of ether oxygens (including phenoxy) is 2. The quantitative estimate of drug-likeness (QED) is 0.0684. The summed E-state index contributed by atoms with van der Waals surface area (Å²) in [6.07, 6.45) is 1.39. The first kappa shape index (κ1) is 44.4. The molecule has 1 saturated heterocycles. The number of aromatic hydroxyl groups is 2. The first-order valence-electron chi connectivity index (χ1n) is 21.4. The van der Waals surface area contributed by atoms with E-state index in [-0.39, 0.29) is 40.2 Å². The molecule has 2 amide bonds. The largest absolute Gasteiger partial charge is 0.508 e. The predicted molar refractivity (Wildman–Crippen MR) is 246 cm³/mol. The number of amides is 2. The maximum absolute atomic E-state index is 13.7. The van der Waals surface area contributed by atoms with E-state index in [0.717, 1.165) is 58.4 Å². The second-order valence-corrected chi connectivity index (χ2v) is 22.5. The van der Waals surface area contributed by atoms with Crippen molar-refractivity contribution in [1.82, 2.24) is 15.2 Å². The van der Waals surface area contributed by atoms with Crippen molar-refractivity contribution in [2.75, 3.05) is 50.1 Å². The van der Waals surface area contributed by atoms with Crippen LogP contribution in [0.1, 0.15) is 62.8 Å². The van der Waals surface area contributed by atoms with Gasteiger partial charge in [0, 0.05) is 74.3 Å². The molecule has 0 radical (unpaired) electrons. The van der Waals surface area contributed by atoms with Crippen molar-refractivity contribution in [2.45, 2.75) is 83.3 Å². The number of carbonyl (C=O) groups excluding carboxylic acids is 2. The van der Waals surface area contributed by atoms with Crippen molar-refractivity contribution in [1.29, 1.82) is 0 Å². The molecule has 5 aromatic rings. The zero-order chi connectivity index (χ0) is 44.2. The van der Waals surface area contributed by atoms with Crippen LogP contribution in [-0.2, 0) is 26.9 Å². The molecule has 2 aliphatic heterocycles. The van der Waals surface area contributed by atoms with E-state index in [4.69, 9.17) is 13.9 Å². The van der Waals surface area contributed by atoms with Crippen molar-refractivity contribution in [3.05, 3.63) is 112 Å². The van der Waals surface area contributed by atoms with Crippen LogP contribution >= 0.6 is 0 Å². The number of benzene rings is 4. The summed E-state index contributed by atoms with van der Waals surface area (Å²) < 4.78 is 18.7. The van der Waals surface area contributed by atoms with Crippen LogP contribution in [0.25, 0.3) is 22.0 Å². The SMILES string of the molecule is COc1cc2c(cc1CNC[C@H](O[Si](C)(C)C(C)(C)C)c1ccc(O)c3[nH]c(=O)ccc13)CCN2C(=O)CCN1CCC(OC(=O)Nc2ccccc2-c2ccc(O)cc2)CC1. The molecule has 328 valence electrons. The van der Waals surface area contributed by atoms with Gasteiger partial charge < -0.3 is 44.2 Å². The Kier molecular flexibility index (Phi) is 13.4. The zero-order valence-electron chi connectivity index (χ0n) is 36.5. The number of aromatic amines is 1. The molecule has 5 N–H and O–H groups in total. The van der Waals surface area contributed by atoms with E-state index in [1.165, 1.54) is 6.07 Å². The molecule has 0 unspecified atom stereocenters. The van der Waals surface area contributed by atoms with Crippen LogP contribution in [0.5, 0.6) is 17.2 Å². The molecule has 0 bridgehead atoms. The second kappa shape index (κ2) is 18.7. The average Bonchev–Trinajstić information content (AvgIpc) is 3.66. The Morgan fingerprint density at radius 2 is 1.69 bits per heavy atom. The van der Waals surface area contributed by atoms with E-state index in [9.17, 15) is 24.6 Å². The highest BCUT2D eigenvalue weighted by Crippen LogP contribution is 2.42. The molecule has 3 heterocycles. The molecule has 62 heavy (non-hydrogen) atoms. The smallest absolute Gasteiger partial charge is 0.411 e. The number of methoxy groups -OCH3 is 1. The van der Waals surface area contributed by atoms with Crippen LogP contribution < -0.4 is 25.8 Å². The normalized spacial score (nSPS) is 15.4. The number of likely N-dealkylation sites (tertiary alicyclic amines) is 1. The van der Waals surface area contributed by atoms with Crippen LogP contribution in [0.2, 0.25) is 18.1 Å². The Hall–Kier alpha value is -5.67. The number of hydrogen-bond acceptors (Lipinski definition) is 10. The lowest BCUT2D eigenvalue weighted by Gasteiger charge is -2.39. The van der Waals surface area contributed by atoms with E-state index in [1.807, 2.05) is 41.3 Å². The van der Waals surface area contributed by atoms with Gasteiger partial charge in [-0.05, 0) is 90.5 Å². The molecule has 4 aromatic carbocycles. The van der Waals surface area contributed by atoms with Gasteiger partial charge in [-0.1, -0.05) is 57.2 Å². The molecule has 0 aliphatic carbocycles. The Bertz CT molecular complexity index is 2460. The number of aromatic nitrogens is 1. The van der Waals surface area contributed by atoms with Gasteiger partial charge in [-0.15, -0.1) is 0 Å². The van der Waals surface area contributed by atoms with Gasteiger partial charge in [0.15, 0.2) is 8.32 Å². The van der Waals surface area contributed by atoms with Crippen molar-refractivity contribution in [2.24, 2.45) is 0 Å². The minimum Gasteiger partial charge on any atom is -0.508 e. The molecular weight excluding hydrogens is 803 g/mol. The summed E-state index contributed by atoms with van der Waals surface area (Å²) in [5.41, 5.74) is 6.27. The highest BCUT2D eigenvalue weighted by molar-refractivity contribution is 6.74. The predicted octanol–water partition coefficient (Wildman–Crippen LogP) is 8.46. The summed E-state index contributed by atoms with van der Waals surface area (Å²) >= 11 is 0. The van der Waals surface area contributed by atoms with Gasteiger partial charge in [-0.25, -0.2) is 4.79 Å². The molecular formula is C48H59N5O8Si. The van der Waals surface area contributed by atoms with Crippen LogP contribution in [0.3, 0.4) is 0 Å². The molecule has 14 heteroatoms. The standard InChI is InChI=1S/C48H59N5O8Si/c1-48(2,3)62(5,6)61-43(37-15-17-41(55)46-38(37)16-18-44(56)51-46)30-49-29-33-27-32-19-26-53(40(32)28-42(33)59-4)45(57)22-25-52-23-20-35(21-24-52)60-47(58)50-39-10-8-7-9-36(39)31-11-13-34(54)14-12-31/h7-18,27-28,35,43,49,54-55H,19-26,29-30H2,1-6H3,(H,50,58)(H,51,56)/t43-/m0/s1. The lowest BCUT2D eigenvalue weighted by molar-refractivity contribution is -0.118. The number of fused-ring (bicyclic) bond motifs is 2. The number of carbonyl (C=O) groups is 2. The highest BCUT2D eigenvalue weighted by Gasteiger charge is 2.40. The summed E-state index contributed by atoms with van der Waals surface area (Å²) in [4.78, 5) is 45.7. The monoisotopic (exact) mass is 861 g/mol. The maximum Gasteiger partial charge on any atom is 0.411 e. The highest BCUT2D eigenvalue weighted by atomic mass is 28.4. The Morgan fingerprint density at radius 3 is 2.42 bits per heavy atom. The number of rotatable bonds is 14. The number of phenolic OH excluding ortho intramolecular Hbond substituents is 2. The fraction of sp³-hybridized carbons (Fsp3) is 0.396. The molecule has 0 spiro atoms. The number of phenols is 2. The number of anilines is 2. The Balaban J connectivity index is 0.927. The van der Waals surface area contributed by atoms with Gasteiger partial charge in [0.2, 0.25) is 11.5 Å². The molecule has 0 saturated carbocycles. The summed E-state index contributed by atoms with van der Waals surface area (Å²) in [5, 5.41) is 27.5. The van der Waals surface area contributed by atoms with Crippen molar-refractivity contribution in [3.8, 4) is 28.4 Å². The van der Waals surface area contributed by atoms with Crippen LogP contribution in [0.15, 0.2) is 89.7 Å². The number of nitrogens with one attached hydrogen (secondary N) is 3. The lowest BCUT2D eigenvalue weighted by Crippen LogP contribution is -2.43. The van der Waals surface area contributed by atoms with E-state index in [2.05, 4.69) is 60.4 Å². The fourth-order valence-corrected chi connectivity index (χ4v) is 9.37. The van der Waals surface area contributed by atoms with Gasteiger partial charge in [0.25, 0.3) is 0 Å². The Labute approximate surface area is 364 Å². The lowest BCUT2D eigenvalue weighted by atomic mass is 10.0. The summed E-state index contributed by atoms with van der Waals surface area (Å²) in [6.45, 7) is 14.7. The number of H-pyrrole nitrogens is 1. The summed E-state index contributed by atoms with van der Waals surface area (Å²) in [6, 6.07) is 25.1. The third-order valence-corrected chi connectivity index (χ3v) is 17.1. The van der Waals surface area contributed by atoms with Crippen molar-refractivity contribution in [3.63, 3.8) is 0 Å². The molecule has 1 atom stereocenters. The fourth-order valence-electron chi connectivity index (χ4n) is 8.10. The Morgan fingerprint density at radius 1 is 0.952 bits per heavy atom. The van der Waals surface area contributed by atoms with Crippen molar-refractivity contribution >= 4 is 42.6 Å². The molecule has 13 nitrogen and oxygen atoms in total. The van der Waals surface area contributed by atoms with Gasteiger partial charge in [-0.3, -0.25) is 14.9 Å².